The zero-order valence-corrected chi connectivity index (χ0v) is 19.0. The Morgan fingerprint density at radius 2 is 1.90 bits per heavy atom. The van der Waals surface area contributed by atoms with E-state index in [0.717, 1.165) is 62.2 Å². The molecule has 0 spiro atoms. The van der Waals surface area contributed by atoms with E-state index in [4.69, 9.17) is 27.9 Å². The van der Waals surface area contributed by atoms with E-state index in [0.29, 0.717) is 28.2 Å². The van der Waals surface area contributed by atoms with Crippen molar-refractivity contribution in [1.82, 2.24) is 14.9 Å². The Morgan fingerprint density at radius 1 is 1.10 bits per heavy atom. The maximum atomic E-state index is 11.6. The molecule has 0 unspecified atom stereocenters. The van der Waals surface area contributed by atoms with Crippen molar-refractivity contribution in [2.75, 3.05) is 44.2 Å². The average molecular weight is 461 g/mol. The molecule has 1 N–H and O–H groups in total. The number of aromatic nitrogens is 2. The molecule has 31 heavy (non-hydrogen) atoms. The van der Waals surface area contributed by atoms with Gasteiger partial charge in [0.15, 0.2) is 0 Å². The molecule has 0 bridgehead atoms. The first-order chi connectivity index (χ1) is 15.0. The second kappa shape index (κ2) is 9.90. The van der Waals surface area contributed by atoms with Crippen LogP contribution < -0.4 is 15.2 Å². The van der Waals surface area contributed by atoms with E-state index in [2.05, 4.69) is 19.8 Å². The minimum Gasteiger partial charge on any atom is -0.478 e. The minimum atomic E-state index is -0.146. The maximum absolute atomic E-state index is 11.6. The van der Waals surface area contributed by atoms with Gasteiger partial charge < -0.3 is 14.6 Å². The molecule has 164 valence electrons. The summed E-state index contributed by atoms with van der Waals surface area (Å²) in [5, 5.41) is 2.17. The number of aryl methyl sites for hydroxylation is 1. The molecular formula is C23H26Cl2N4O2. The molecule has 0 atom stereocenters. The molecule has 3 heterocycles. The summed E-state index contributed by atoms with van der Waals surface area (Å²) in [5.41, 5.74) is 2.35. The van der Waals surface area contributed by atoms with Crippen LogP contribution >= 0.6 is 23.2 Å². The van der Waals surface area contributed by atoms with Gasteiger partial charge in [-0.05, 0) is 50.1 Å². The minimum absolute atomic E-state index is 0.146. The lowest BCUT2D eigenvalue weighted by molar-refractivity contribution is 0.237. The van der Waals surface area contributed by atoms with Gasteiger partial charge >= 0.3 is 0 Å². The van der Waals surface area contributed by atoms with Crippen LogP contribution in [0, 0.1) is 6.92 Å². The van der Waals surface area contributed by atoms with E-state index in [-0.39, 0.29) is 5.56 Å². The fourth-order valence-corrected chi connectivity index (χ4v) is 4.34. The molecule has 1 saturated heterocycles. The SMILES string of the molecule is Cc1cc(=O)[nH]c2nc(OCCCCN3CCN(c4cccc(Cl)c4Cl)CC3)ccc12. The highest BCUT2D eigenvalue weighted by Crippen LogP contribution is 2.32. The number of hydrogen-bond acceptors (Lipinski definition) is 5. The number of H-pyrrole nitrogens is 1. The van der Waals surface area contributed by atoms with E-state index in [1.54, 1.807) is 6.07 Å². The lowest BCUT2D eigenvalue weighted by Crippen LogP contribution is -2.46. The zero-order chi connectivity index (χ0) is 21.8. The molecule has 0 radical (unpaired) electrons. The Morgan fingerprint density at radius 3 is 2.71 bits per heavy atom. The Labute approximate surface area is 191 Å². The summed E-state index contributed by atoms with van der Waals surface area (Å²) in [5.74, 6) is 0.542. The van der Waals surface area contributed by atoms with E-state index in [1.165, 1.54) is 0 Å². The van der Waals surface area contributed by atoms with E-state index in [9.17, 15) is 4.79 Å². The molecule has 3 aromatic rings. The van der Waals surface area contributed by atoms with Crippen LogP contribution in [0.4, 0.5) is 5.69 Å². The number of anilines is 1. The van der Waals surface area contributed by atoms with Crippen LogP contribution in [0.3, 0.4) is 0 Å². The van der Waals surface area contributed by atoms with Crippen LogP contribution in [0.25, 0.3) is 11.0 Å². The van der Waals surface area contributed by atoms with Crippen molar-refractivity contribution >= 4 is 39.9 Å². The van der Waals surface area contributed by atoms with Crippen molar-refractivity contribution in [3.8, 4) is 5.88 Å². The van der Waals surface area contributed by atoms with Crippen molar-refractivity contribution in [1.29, 1.82) is 0 Å². The van der Waals surface area contributed by atoms with Gasteiger partial charge in [-0.2, -0.15) is 4.98 Å². The van der Waals surface area contributed by atoms with Gasteiger partial charge in [-0.15, -0.1) is 0 Å². The number of benzene rings is 1. The van der Waals surface area contributed by atoms with Crippen LogP contribution in [0.5, 0.6) is 5.88 Å². The lowest BCUT2D eigenvalue weighted by Gasteiger charge is -2.36. The van der Waals surface area contributed by atoms with Gasteiger partial charge in [0.25, 0.3) is 0 Å². The first-order valence-corrected chi connectivity index (χ1v) is 11.3. The smallest absolute Gasteiger partial charge is 0.249 e. The number of pyridine rings is 2. The number of nitrogens with one attached hydrogen (secondary N) is 1. The number of rotatable bonds is 7. The summed E-state index contributed by atoms with van der Waals surface area (Å²) in [7, 11) is 0. The largest absolute Gasteiger partial charge is 0.478 e. The van der Waals surface area contributed by atoms with Crippen molar-refractivity contribution in [2.45, 2.75) is 19.8 Å². The van der Waals surface area contributed by atoms with Gasteiger partial charge in [-0.3, -0.25) is 9.69 Å². The fourth-order valence-electron chi connectivity index (χ4n) is 3.93. The molecule has 0 amide bonds. The monoisotopic (exact) mass is 460 g/mol. The molecule has 1 aliphatic heterocycles. The normalized spacial score (nSPS) is 14.9. The molecule has 2 aromatic heterocycles. The van der Waals surface area contributed by atoms with Crippen LogP contribution in [-0.2, 0) is 0 Å². The van der Waals surface area contributed by atoms with Crippen LogP contribution in [0.1, 0.15) is 18.4 Å². The standard InChI is InChI=1S/C23H26Cl2N4O2/c1-16-15-20(30)26-23-17(16)7-8-21(27-23)31-14-3-2-9-28-10-12-29(13-11-28)19-6-4-5-18(24)22(19)25/h4-8,15H,2-3,9-14H2,1H3,(H,26,27,30). The number of aromatic amines is 1. The number of hydrogen-bond donors (Lipinski definition) is 1. The van der Waals surface area contributed by atoms with Crippen LogP contribution in [0.15, 0.2) is 41.2 Å². The average Bonchev–Trinajstić information content (AvgIpc) is 2.75. The highest BCUT2D eigenvalue weighted by atomic mass is 35.5. The molecule has 1 fully saturated rings. The Balaban J connectivity index is 1.19. The molecule has 0 saturated carbocycles. The quantitative estimate of drug-likeness (QED) is 0.525. The summed E-state index contributed by atoms with van der Waals surface area (Å²) in [4.78, 5) is 23.6. The number of ether oxygens (including phenoxy) is 1. The van der Waals surface area contributed by atoms with Gasteiger partial charge in [0.05, 0.1) is 22.3 Å². The summed E-state index contributed by atoms with van der Waals surface area (Å²) < 4.78 is 5.80. The molecule has 4 rings (SSSR count). The number of nitrogens with zero attached hydrogens (tertiary/aromatic N) is 3. The van der Waals surface area contributed by atoms with E-state index >= 15 is 0 Å². The maximum Gasteiger partial charge on any atom is 0.249 e. The fraction of sp³-hybridized carbons (Fsp3) is 0.391. The second-order valence-corrected chi connectivity index (χ2v) is 8.60. The molecule has 1 aliphatic rings. The van der Waals surface area contributed by atoms with Crippen molar-refractivity contribution in [2.24, 2.45) is 0 Å². The molecule has 1 aromatic carbocycles. The van der Waals surface area contributed by atoms with Gasteiger partial charge in [0.1, 0.15) is 5.65 Å². The summed E-state index contributed by atoms with van der Waals surface area (Å²) in [6.45, 7) is 7.43. The first kappa shape index (κ1) is 21.9. The third kappa shape index (κ3) is 5.32. The Hall–Kier alpha value is -2.28. The predicted molar refractivity (Wildman–Crippen MR) is 127 cm³/mol. The van der Waals surface area contributed by atoms with Gasteiger partial charge in [-0.1, -0.05) is 29.3 Å². The van der Waals surface area contributed by atoms with Crippen LogP contribution in [0.2, 0.25) is 10.0 Å². The van der Waals surface area contributed by atoms with Crippen molar-refractivity contribution in [3.05, 3.63) is 62.4 Å². The summed E-state index contributed by atoms with van der Waals surface area (Å²) >= 11 is 12.5. The van der Waals surface area contributed by atoms with Crippen molar-refractivity contribution < 1.29 is 4.74 Å². The third-order valence-corrected chi connectivity index (χ3v) is 6.46. The number of piperazine rings is 1. The molecule has 8 heteroatoms. The number of fused-ring (bicyclic) bond motifs is 1. The van der Waals surface area contributed by atoms with Gasteiger partial charge in [0.2, 0.25) is 11.4 Å². The number of halogens is 2. The van der Waals surface area contributed by atoms with E-state index < -0.39 is 0 Å². The summed E-state index contributed by atoms with van der Waals surface area (Å²) in [6.07, 6.45) is 2.01. The highest BCUT2D eigenvalue weighted by Gasteiger charge is 2.19. The van der Waals surface area contributed by atoms with Crippen LogP contribution in [-0.4, -0.2) is 54.2 Å². The lowest BCUT2D eigenvalue weighted by atomic mass is 10.2. The van der Waals surface area contributed by atoms with E-state index in [1.807, 2.05) is 37.3 Å². The molecule has 6 nitrogen and oxygen atoms in total. The number of unbranched alkanes of at least 4 members (excludes halogenated alkanes) is 1. The second-order valence-electron chi connectivity index (χ2n) is 7.82. The third-order valence-electron chi connectivity index (χ3n) is 5.65. The Bertz CT molecular complexity index is 1110. The Kier molecular flexibility index (Phi) is 7.00. The first-order valence-electron chi connectivity index (χ1n) is 10.6. The summed E-state index contributed by atoms with van der Waals surface area (Å²) in [6, 6.07) is 11.2. The topological polar surface area (TPSA) is 61.5 Å². The van der Waals surface area contributed by atoms with Gasteiger partial charge in [-0.25, -0.2) is 0 Å². The molecule has 0 aliphatic carbocycles. The zero-order valence-electron chi connectivity index (χ0n) is 17.5. The molecular weight excluding hydrogens is 435 g/mol. The highest BCUT2D eigenvalue weighted by molar-refractivity contribution is 6.43. The van der Waals surface area contributed by atoms with Crippen molar-refractivity contribution in [3.63, 3.8) is 0 Å². The predicted octanol–water partition coefficient (Wildman–Crippen LogP) is 4.52. The van der Waals surface area contributed by atoms with Gasteiger partial charge in [0, 0.05) is 43.7 Å².